The topological polar surface area (TPSA) is 32.3 Å². The lowest BCUT2D eigenvalue weighted by Crippen LogP contribution is -2.00. The van der Waals surface area contributed by atoms with Gasteiger partial charge in [-0.2, -0.15) is 0 Å². The Morgan fingerprint density at radius 3 is 2.91 bits per heavy atom. The first kappa shape index (κ1) is 8.49. The molecule has 1 aromatic rings. The van der Waals surface area contributed by atoms with Gasteiger partial charge >= 0.3 is 0 Å². The van der Waals surface area contributed by atoms with Crippen molar-refractivity contribution in [3.63, 3.8) is 0 Å². The Labute approximate surface area is 72.4 Å². The quantitative estimate of drug-likeness (QED) is 0.746. The second-order valence-corrected chi connectivity index (χ2v) is 2.62. The lowest BCUT2D eigenvalue weighted by atomic mass is 10.2. The van der Waals surface area contributed by atoms with Gasteiger partial charge in [-0.3, -0.25) is 4.34 Å². The minimum atomic E-state index is -0.570. The molecule has 0 aliphatic rings. The summed E-state index contributed by atoms with van der Waals surface area (Å²) in [5.41, 5.74) is 0.432. The molecule has 0 aliphatic heterocycles. The van der Waals surface area contributed by atoms with Gasteiger partial charge in [-0.1, -0.05) is 12.1 Å². The maximum Gasteiger partial charge on any atom is 0.169 e. The molecule has 2 nitrogen and oxygen atoms in total. The fourth-order valence-electron chi connectivity index (χ4n) is 0.775. The fraction of sp³-hybridized carbons (Fsp3) is 0.143. The second-order valence-electron chi connectivity index (χ2n) is 2.06. The van der Waals surface area contributed by atoms with Gasteiger partial charge in [0, 0.05) is 28.3 Å². The summed E-state index contributed by atoms with van der Waals surface area (Å²) >= 11 is 2.95. The van der Waals surface area contributed by atoms with E-state index in [-0.39, 0.29) is 5.75 Å². The summed E-state index contributed by atoms with van der Waals surface area (Å²) in [4.78, 5) is 0. The molecular weight excluding hydrogens is 213 g/mol. The predicted molar refractivity (Wildman–Crippen MR) is 43.8 cm³/mol. The van der Waals surface area contributed by atoms with Crippen LogP contribution in [0, 0.1) is 5.82 Å². The third-order valence-corrected chi connectivity index (χ3v) is 1.60. The Balaban J connectivity index is 2.96. The van der Waals surface area contributed by atoms with Crippen LogP contribution in [0.2, 0.25) is 0 Å². The Hall–Kier alpha value is -0.610. The largest absolute Gasteiger partial charge is 0.505 e. The number of phenolic OH excluding ortho intramolecular Hbond substituents is 1. The zero-order valence-electron chi connectivity index (χ0n) is 5.64. The summed E-state index contributed by atoms with van der Waals surface area (Å²) in [6.07, 6.45) is 0. The Kier molecular flexibility index (Phi) is 2.84. The second kappa shape index (κ2) is 3.69. The molecule has 0 radical (unpaired) electrons. The van der Waals surface area contributed by atoms with Gasteiger partial charge in [-0.25, -0.2) is 4.39 Å². The van der Waals surface area contributed by atoms with Gasteiger partial charge in [-0.05, 0) is 6.07 Å². The van der Waals surface area contributed by atoms with Crippen LogP contribution in [-0.4, -0.2) is 5.11 Å². The molecular formula is C7H7BrFNO. The summed E-state index contributed by atoms with van der Waals surface area (Å²) in [5, 5.41) is 8.91. The molecule has 0 spiro atoms. The van der Waals surface area contributed by atoms with Crippen molar-refractivity contribution in [1.82, 2.24) is 4.34 Å². The van der Waals surface area contributed by atoms with Crippen molar-refractivity contribution in [2.24, 2.45) is 0 Å². The number of aromatic hydroxyl groups is 1. The van der Waals surface area contributed by atoms with Crippen LogP contribution in [0.5, 0.6) is 5.75 Å². The SMILES string of the molecule is Oc1cccc(CNBr)c1F. The lowest BCUT2D eigenvalue weighted by Gasteiger charge is -2.01. The van der Waals surface area contributed by atoms with Crippen molar-refractivity contribution >= 4 is 16.1 Å². The normalized spacial score (nSPS) is 10.0. The van der Waals surface area contributed by atoms with Gasteiger partial charge in [0.15, 0.2) is 11.6 Å². The van der Waals surface area contributed by atoms with E-state index in [0.29, 0.717) is 12.1 Å². The Bertz CT molecular complexity index is 254. The van der Waals surface area contributed by atoms with Crippen LogP contribution in [0.4, 0.5) is 4.39 Å². The van der Waals surface area contributed by atoms with Crippen LogP contribution in [0.3, 0.4) is 0 Å². The molecule has 0 saturated heterocycles. The van der Waals surface area contributed by atoms with E-state index >= 15 is 0 Å². The highest BCUT2D eigenvalue weighted by Crippen LogP contribution is 2.18. The van der Waals surface area contributed by atoms with E-state index in [0.717, 1.165) is 0 Å². The molecule has 0 fully saturated rings. The van der Waals surface area contributed by atoms with Gasteiger partial charge in [0.2, 0.25) is 0 Å². The lowest BCUT2D eigenvalue weighted by molar-refractivity contribution is 0.428. The Morgan fingerprint density at radius 2 is 2.27 bits per heavy atom. The van der Waals surface area contributed by atoms with E-state index in [9.17, 15) is 4.39 Å². The maximum atomic E-state index is 12.9. The van der Waals surface area contributed by atoms with E-state index < -0.39 is 5.82 Å². The fourth-order valence-corrected chi connectivity index (χ4v) is 1.08. The number of nitrogens with one attached hydrogen (secondary N) is 1. The summed E-state index contributed by atoms with van der Waals surface area (Å²) < 4.78 is 15.5. The number of halogens is 2. The summed E-state index contributed by atoms with van der Waals surface area (Å²) in [6, 6.07) is 4.51. The van der Waals surface area contributed by atoms with Gasteiger partial charge < -0.3 is 5.11 Å². The number of benzene rings is 1. The molecule has 0 heterocycles. The van der Waals surface area contributed by atoms with Crippen LogP contribution >= 0.6 is 16.1 Å². The van der Waals surface area contributed by atoms with E-state index in [1.807, 2.05) is 0 Å². The van der Waals surface area contributed by atoms with E-state index in [4.69, 9.17) is 5.11 Å². The summed E-state index contributed by atoms with van der Waals surface area (Å²) in [7, 11) is 0. The number of rotatable bonds is 2. The average Bonchev–Trinajstić information content (AvgIpc) is 1.99. The first-order valence-electron chi connectivity index (χ1n) is 3.05. The molecule has 0 aromatic heterocycles. The molecule has 2 N–H and O–H groups in total. The van der Waals surface area contributed by atoms with Gasteiger partial charge in [0.25, 0.3) is 0 Å². The molecule has 4 heteroatoms. The molecule has 1 rings (SSSR count). The molecule has 11 heavy (non-hydrogen) atoms. The molecule has 1 aromatic carbocycles. The zero-order valence-corrected chi connectivity index (χ0v) is 7.23. The molecule has 0 bridgehead atoms. The average molecular weight is 220 g/mol. The number of phenols is 1. The Morgan fingerprint density at radius 1 is 1.55 bits per heavy atom. The zero-order chi connectivity index (χ0) is 8.27. The van der Waals surface area contributed by atoms with Gasteiger partial charge in [0.05, 0.1) is 0 Å². The van der Waals surface area contributed by atoms with Crippen molar-refractivity contribution in [3.05, 3.63) is 29.6 Å². The van der Waals surface area contributed by atoms with Crippen LogP contribution in [0.15, 0.2) is 18.2 Å². The highest BCUT2D eigenvalue weighted by molar-refractivity contribution is 9.08. The smallest absolute Gasteiger partial charge is 0.169 e. The monoisotopic (exact) mass is 219 g/mol. The van der Waals surface area contributed by atoms with Crippen LogP contribution in [0.1, 0.15) is 5.56 Å². The number of hydrogen-bond donors (Lipinski definition) is 2. The molecule has 0 unspecified atom stereocenters. The van der Waals surface area contributed by atoms with Crippen molar-refractivity contribution in [3.8, 4) is 5.75 Å². The third kappa shape index (κ3) is 1.91. The number of hydrogen-bond acceptors (Lipinski definition) is 2. The summed E-state index contributed by atoms with van der Waals surface area (Å²) in [6.45, 7) is 0.347. The first-order chi connectivity index (χ1) is 5.25. The van der Waals surface area contributed by atoms with Crippen LogP contribution in [0.25, 0.3) is 0 Å². The highest BCUT2D eigenvalue weighted by atomic mass is 79.9. The van der Waals surface area contributed by atoms with Crippen LogP contribution < -0.4 is 4.34 Å². The van der Waals surface area contributed by atoms with E-state index in [1.54, 1.807) is 12.1 Å². The minimum absolute atomic E-state index is 0.315. The summed E-state index contributed by atoms with van der Waals surface area (Å²) in [5.74, 6) is -0.885. The molecule has 0 amide bonds. The minimum Gasteiger partial charge on any atom is -0.505 e. The highest BCUT2D eigenvalue weighted by Gasteiger charge is 2.04. The van der Waals surface area contributed by atoms with E-state index in [2.05, 4.69) is 20.5 Å². The molecule has 0 aliphatic carbocycles. The standard InChI is InChI=1S/C7H7BrFNO/c8-10-4-5-2-1-3-6(11)7(5)9/h1-3,10-11H,4H2. The first-order valence-corrected chi connectivity index (χ1v) is 3.85. The molecule has 60 valence electrons. The third-order valence-electron chi connectivity index (χ3n) is 1.32. The van der Waals surface area contributed by atoms with Gasteiger partial charge in [-0.15, -0.1) is 0 Å². The van der Waals surface area contributed by atoms with Crippen molar-refractivity contribution < 1.29 is 9.50 Å². The predicted octanol–water partition coefficient (Wildman–Crippen LogP) is 1.93. The van der Waals surface area contributed by atoms with Crippen molar-refractivity contribution in [2.45, 2.75) is 6.54 Å². The van der Waals surface area contributed by atoms with Gasteiger partial charge in [0.1, 0.15) is 0 Å². The van der Waals surface area contributed by atoms with Crippen molar-refractivity contribution in [1.29, 1.82) is 0 Å². The van der Waals surface area contributed by atoms with E-state index in [1.165, 1.54) is 6.07 Å². The van der Waals surface area contributed by atoms with Crippen molar-refractivity contribution in [2.75, 3.05) is 0 Å². The maximum absolute atomic E-state index is 12.9. The molecule has 0 atom stereocenters. The van der Waals surface area contributed by atoms with Crippen LogP contribution in [-0.2, 0) is 6.54 Å². The molecule has 0 saturated carbocycles.